The van der Waals surface area contributed by atoms with Crippen LogP contribution in [0.3, 0.4) is 0 Å². The van der Waals surface area contributed by atoms with Gasteiger partial charge in [-0.05, 0) is 23.6 Å². The highest BCUT2D eigenvalue weighted by Gasteiger charge is 2.39. The van der Waals surface area contributed by atoms with Crippen molar-refractivity contribution < 1.29 is 19.1 Å². The van der Waals surface area contributed by atoms with E-state index in [1.54, 1.807) is 12.1 Å². The molecule has 0 bridgehead atoms. The molecule has 0 aromatic heterocycles. The lowest BCUT2D eigenvalue weighted by atomic mass is 10.1. The minimum Gasteiger partial charge on any atom is -0.391 e. The molecule has 3 aromatic carbocycles. The number of hydrogen-bond donors (Lipinski definition) is 3. The Morgan fingerprint density at radius 1 is 0.931 bits per heavy atom. The molecular formula is C22H20FN3O3. The van der Waals surface area contributed by atoms with Crippen molar-refractivity contribution in [3.63, 3.8) is 0 Å². The van der Waals surface area contributed by atoms with E-state index in [-0.39, 0.29) is 18.7 Å². The quantitative estimate of drug-likeness (QED) is 0.636. The standard InChI is InChI=1S/C22H20FN3O3/c23-17-9-3-4-10-19(17)24-21(28)20-12-15(27)13-26(20)22(29)25-18-11-5-7-14-6-1-2-8-16(14)18/h1-11,15,20,27H,12-13H2,(H,24,28)(H,25,29)/t15-,20-/m1/s1. The van der Waals surface area contributed by atoms with Gasteiger partial charge in [-0.15, -0.1) is 0 Å². The number of halogens is 1. The Balaban J connectivity index is 1.53. The van der Waals surface area contributed by atoms with Crippen LogP contribution in [-0.2, 0) is 4.79 Å². The van der Waals surface area contributed by atoms with Gasteiger partial charge in [0.05, 0.1) is 17.5 Å². The Morgan fingerprint density at radius 3 is 2.45 bits per heavy atom. The molecule has 3 amide bonds. The molecule has 1 saturated heterocycles. The first-order chi connectivity index (χ1) is 14.0. The molecule has 1 fully saturated rings. The zero-order valence-corrected chi connectivity index (χ0v) is 15.5. The van der Waals surface area contributed by atoms with Crippen LogP contribution in [0.2, 0.25) is 0 Å². The summed E-state index contributed by atoms with van der Waals surface area (Å²) >= 11 is 0. The number of para-hydroxylation sites is 1. The zero-order chi connectivity index (χ0) is 20.4. The fraction of sp³-hybridized carbons (Fsp3) is 0.182. The SMILES string of the molecule is O=C(Nc1ccccc1F)[C@H]1C[C@@H](O)CN1C(=O)Nc1cccc2ccccc12. The molecule has 0 radical (unpaired) electrons. The minimum atomic E-state index is -0.903. The summed E-state index contributed by atoms with van der Waals surface area (Å²) < 4.78 is 13.8. The number of anilines is 2. The molecule has 7 heteroatoms. The third-order valence-corrected chi connectivity index (χ3v) is 5.01. The molecule has 0 saturated carbocycles. The van der Waals surface area contributed by atoms with Crippen LogP contribution < -0.4 is 10.6 Å². The number of urea groups is 1. The third-order valence-electron chi connectivity index (χ3n) is 5.01. The maximum Gasteiger partial charge on any atom is 0.322 e. The van der Waals surface area contributed by atoms with Gasteiger partial charge in [0.15, 0.2) is 0 Å². The van der Waals surface area contributed by atoms with E-state index >= 15 is 0 Å². The monoisotopic (exact) mass is 393 g/mol. The van der Waals surface area contributed by atoms with Crippen molar-refractivity contribution in [1.29, 1.82) is 0 Å². The molecule has 1 aliphatic rings. The molecule has 2 atom stereocenters. The van der Waals surface area contributed by atoms with Crippen LogP contribution in [0.15, 0.2) is 66.7 Å². The van der Waals surface area contributed by atoms with E-state index in [1.165, 1.54) is 23.1 Å². The number of fused-ring (bicyclic) bond motifs is 1. The first-order valence-corrected chi connectivity index (χ1v) is 9.32. The van der Waals surface area contributed by atoms with Crippen molar-refractivity contribution in [2.24, 2.45) is 0 Å². The number of likely N-dealkylation sites (tertiary alicyclic amines) is 1. The molecule has 1 aliphatic heterocycles. The first-order valence-electron chi connectivity index (χ1n) is 9.32. The molecule has 1 heterocycles. The second-order valence-corrected chi connectivity index (χ2v) is 6.98. The van der Waals surface area contributed by atoms with E-state index in [1.807, 2.05) is 36.4 Å². The lowest BCUT2D eigenvalue weighted by Gasteiger charge is -2.24. The molecular weight excluding hydrogens is 373 g/mol. The second kappa shape index (κ2) is 7.89. The maximum absolute atomic E-state index is 13.8. The number of carbonyl (C=O) groups is 2. The molecule has 148 valence electrons. The normalized spacial score (nSPS) is 18.6. The van der Waals surface area contributed by atoms with E-state index < -0.39 is 29.9 Å². The number of aliphatic hydroxyl groups is 1. The molecule has 0 unspecified atom stereocenters. The van der Waals surface area contributed by atoms with Crippen molar-refractivity contribution in [1.82, 2.24) is 4.90 Å². The number of carbonyl (C=O) groups excluding carboxylic acids is 2. The van der Waals surface area contributed by atoms with Gasteiger partial charge in [-0.3, -0.25) is 4.79 Å². The van der Waals surface area contributed by atoms with Gasteiger partial charge in [-0.2, -0.15) is 0 Å². The highest BCUT2D eigenvalue weighted by Crippen LogP contribution is 2.26. The lowest BCUT2D eigenvalue weighted by Crippen LogP contribution is -2.45. The number of rotatable bonds is 3. The van der Waals surface area contributed by atoms with Crippen molar-refractivity contribution >= 4 is 34.1 Å². The molecule has 4 rings (SSSR count). The Hall–Kier alpha value is -3.45. The number of nitrogens with one attached hydrogen (secondary N) is 2. The number of amides is 3. The lowest BCUT2D eigenvalue weighted by molar-refractivity contribution is -0.119. The first kappa shape index (κ1) is 18.9. The number of benzene rings is 3. The Bertz CT molecular complexity index is 1070. The van der Waals surface area contributed by atoms with Gasteiger partial charge in [0.2, 0.25) is 5.91 Å². The van der Waals surface area contributed by atoms with E-state index in [9.17, 15) is 19.1 Å². The summed E-state index contributed by atoms with van der Waals surface area (Å²) in [6.45, 7) is 0.0198. The van der Waals surface area contributed by atoms with Gasteiger partial charge in [-0.1, -0.05) is 48.5 Å². The molecule has 3 aromatic rings. The predicted molar refractivity (Wildman–Crippen MR) is 109 cm³/mol. The third kappa shape index (κ3) is 3.90. The smallest absolute Gasteiger partial charge is 0.322 e. The Kier molecular flexibility index (Phi) is 5.14. The van der Waals surface area contributed by atoms with E-state index in [2.05, 4.69) is 10.6 Å². The number of hydrogen-bond acceptors (Lipinski definition) is 3. The van der Waals surface area contributed by atoms with Crippen LogP contribution in [0.1, 0.15) is 6.42 Å². The Labute approximate surface area is 166 Å². The van der Waals surface area contributed by atoms with Crippen LogP contribution in [0, 0.1) is 5.82 Å². The van der Waals surface area contributed by atoms with E-state index in [0.29, 0.717) is 5.69 Å². The highest BCUT2D eigenvalue weighted by molar-refractivity contribution is 6.04. The molecule has 6 nitrogen and oxygen atoms in total. The summed E-state index contributed by atoms with van der Waals surface area (Å²) in [6.07, 6.45) is -0.742. The molecule has 0 aliphatic carbocycles. The average molecular weight is 393 g/mol. The average Bonchev–Trinajstić information content (AvgIpc) is 3.12. The van der Waals surface area contributed by atoms with Crippen molar-refractivity contribution in [3.8, 4) is 0 Å². The van der Waals surface area contributed by atoms with Gasteiger partial charge in [0, 0.05) is 18.4 Å². The number of aliphatic hydroxyl groups excluding tert-OH is 1. The van der Waals surface area contributed by atoms with Crippen LogP contribution >= 0.6 is 0 Å². The van der Waals surface area contributed by atoms with Gasteiger partial charge in [0.1, 0.15) is 11.9 Å². The zero-order valence-electron chi connectivity index (χ0n) is 15.5. The molecule has 0 spiro atoms. The van der Waals surface area contributed by atoms with Crippen LogP contribution in [0.5, 0.6) is 0 Å². The summed E-state index contributed by atoms with van der Waals surface area (Å²) in [7, 11) is 0. The topological polar surface area (TPSA) is 81.7 Å². The van der Waals surface area contributed by atoms with Crippen molar-refractivity contribution in [2.45, 2.75) is 18.6 Å². The second-order valence-electron chi connectivity index (χ2n) is 6.98. The summed E-state index contributed by atoms with van der Waals surface area (Å²) in [4.78, 5) is 26.8. The fourth-order valence-corrected chi connectivity index (χ4v) is 3.59. The number of nitrogens with zero attached hydrogens (tertiary/aromatic N) is 1. The van der Waals surface area contributed by atoms with Gasteiger partial charge in [-0.25, -0.2) is 9.18 Å². The minimum absolute atomic E-state index is 0.0198. The van der Waals surface area contributed by atoms with Crippen molar-refractivity contribution in [2.75, 3.05) is 17.2 Å². The Morgan fingerprint density at radius 2 is 1.62 bits per heavy atom. The van der Waals surface area contributed by atoms with Crippen molar-refractivity contribution in [3.05, 3.63) is 72.5 Å². The van der Waals surface area contributed by atoms with Crippen LogP contribution in [-0.4, -0.2) is 40.6 Å². The summed E-state index contributed by atoms with van der Waals surface area (Å²) in [6, 6.07) is 17.6. The summed E-state index contributed by atoms with van der Waals surface area (Å²) in [5.41, 5.74) is 0.649. The van der Waals surface area contributed by atoms with Crippen LogP contribution in [0.4, 0.5) is 20.6 Å². The fourth-order valence-electron chi connectivity index (χ4n) is 3.59. The van der Waals surface area contributed by atoms with E-state index in [4.69, 9.17) is 0 Å². The molecule has 3 N–H and O–H groups in total. The van der Waals surface area contributed by atoms with Crippen LogP contribution in [0.25, 0.3) is 10.8 Å². The molecule has 29 heavy (non-hydrogen) atoms. The maximum atomic E-state index is 13.8. The number of β-amino-alcohol motifs (C(OH)–C–C–N with tert-alkyl or cyclic N) is 1. The van der Waals surface area contributed by atoms with E-state index in [0.717, 1.165) is 10.8 Å². The largest absolute Gasteiger partial charge is 0.391 e. The summed E-state index contributed by atoms with van der Waals surface area (Å²) in [5, 5.41) is 17.2. The highest BCUT2D eigenvalue weighted by atomic mass is 19.1. The van der Waals surface area contributed by atoms with Gasteiger partial charge in [0.25, 0.3) is 0 Å². The summed E-state index contributed by atoms with van der Waals surface area (Å²) in [5.74, 6) is -1.11. The van der Waals surface area contributed by atoms with Gasteiger partial charge < -0.3 is 20.6 Å². The predicted octanol–water partition coefficient (Wildman–Crippen LogP) is 3.58. The van der Waals surface area contributed by atoms with Gasteiger partial charge >= 0.3 is 6.03 Å².